The Labute approximate surface area is 206 Å². The third kappa shape index (κ3) is 9.21. The largest absolute Gasteiger partial charge is 0.493 e. The van der Waals surface area contributed by atoms with Gasteiger partial charge in [0.05, 0.1) is 26.8 Å². The van der Waals surface area contributed by atoms with Gasteiger partial charge in [0, 0.05) is 6.54 Å². The van der Waals surface area contributed by atoms with E-state index in [1.54, 1.807) is 14.2 Å². The average Bonchev–Trinajstić information content (AvgIpc) is 2.74. The van der Waals surface area contributed by atoms with E-state index in [9.17, 15) is 4.79 Å². The monoisotopic (exact) mass is 556 g/mol. The van der Waals surface area contributed by atoms with Gasteiger partial charge in [-0.3, -0.25) is 0 Å². The van der Waals surface area contributed by atoms with Crippen molar-refractivity contribution in [3.05, 3.63) is 59.7 Å². The molecule has 0 aromatic heterocycles. The third-order valence-corrected chi connectivity index (χ3v) is 4.26. The van der Waals surface area contributed by atoms with Crippen molar-refractivity contribution in [2.75, 3.05) is 20.8 Å². The van der Waals surface area contributed by atoms with Crippen LogP contribution in [0.5, 0.6) is 11.5 Å². The highest BCUT2D eigenvalue weighted by atomic mass is 127. The van der Waals surface area contributed by atoms with Gasteiger partial charge in [0.1, 0.15) is 5.60 Å². The number of halogens is 1. The maximum absolute atomic E-state index is 12.3. The van der Waals surface area contributed by atoms with Gasteiger partial charge >= 0.3 is 6.09 Å². The Balaban J connectivity index is 0.00000512. The minimum Gasteiger partial charge on any atom is -0.493 e. The van der Waals surface area contributed by atoms with Crippen LogP contribution in [0.2, 0.25) is 0 Å². The highest BCUT2D eigenvalue weighted by Gasteiger charge is 2.20. The Kier molecular flexibility index (Phi) is 11.1. The average molecular weight is 556 g/mol. The summed E-state index contributed by atoms with van der Waals surface area (Å²) in [5, 5.41) is 5.95. The Hall–Kier alpha value is -2.69. The summed E-state index contributed by atoms with van der Waals surface area (Å²) in [6.07, 6.45) is -0.496. The second kappa shape index (κ2) is 13.0. The van der Waals surface area contributed by atoms with E-state index >= 15 is 0 Å². The number of alkyl carbamates (subject to hydrolysis) is 1. The molecule has 32 heavy (non-hydrogen) atoms. The molecule has 0 spiro atoms. The molecule has 0 aliphatic carbocycles. The maximum Gasteiger partial charge on any atom is 0.408 e. The number of methoxy groups -OCH3 is 2. The van der Waals surface area contributed by atoms with Crippen molar-refractivity contribution >= 4 is 36.0 Å². The van der Waals surface area contributed by atoms with Gasteiger partial charge in [0.25, 0.3) is 0 Å². The van der Waals surface area contributed by atoms with E-state index in [1.807, 2.05) is 69.3 Å². The molecule has 0 saturated heterocycles. The first-order chi connectivity index (χ1) is 14.7. The first-order valence-corrected chi connectivity index (χ1v) is 10.0. The van der Waals surface area contributed by atoms with Crippen molar-refractivity contribution in [1.82, 2.24) is 10.6 Å². The molecule has 0 aliphatic rings. The zero-order valence-electron chi connectivity index (χ0n) is 19.2. The first-order valence-electron chi connectivity index (χ1n) is 10.0. The molecule has 0 aliphatic heterocycles. The highest BCUT2D eigenvalue weighted by Crippen LogP contribution is 2.27. The summed E-state index contributed by atoms with van der Waals surface area (Å²) in [4.78, 5) is 16.6. The maximum atomic E-state index is 12.3. The van der Waals surface area contributed by atoms with Crippen molar-refractivity contribution < 1.29 is 19.0 Å². The summed E-state index contributed by atoms with van der Waals surface area (Å²) < 4.78 is 15.9. The summed E-state index contributed by atoms with van der Waals surface area (Å²) >= 11 is 0. The molecule has 1 unspecified atom stereocenters. The van der Waals surface area contributed by atoms with E-state index < -0.39 is 11.7 Å². The van der Waals surface area contributed by atoms with Gasteiger partial charge in [-0.2, -0.15) is 0 Å². The number of carbonyl (C=O) groups is 1. The van der Waals surface area contributed by atoms with Crippen LogP contribution in [0.1, 0.15) is 37.9 Å². The van der Waals surface area contributed by atoms with E-state index in [1.165, 1.54) is 0 Å². The fraction of sp³-hybridized carbons (Fsp3) is 0.391. The molecule has 176 valence electrons. The lowest BCUT2D eigenvalue weighted by atomic mass is 10.1. The number of rotatable bonds is 8. The molecule has 9 heteroatoms. The number of nitrogens with one attached hydrogen (secondary N) is 2. The van der Waals surface area contributed by atoms with Crippen molar-refractivity contribution in [1.29, 1.82) is 0 Å². The summed E-state index contributed by atoms with van der Waals surface area (Å²) in [7, 11) is 3.17. The Bertz CT molecular complexity index is 885. The number of aliphatic imine (C=N–C) groups is 1. The van der Waals surface area contributed by atoms with Crippen LogP contribution >= 0.6 is 24.0 Å². The normalized spacial score (nSPS) is 12.2. The number of hydrogen-bond donors (Lipinski definition) is 3. The lowest BCUT2D eigenvalue weighted by Crippen LogP contribution is -2.42. The van der Waals surface area contributed by atoms with Gasteiger partial charge in [0.15, 0.2) is 17.5 Å². The molecule has 2 aromatic carbocycles. The molecular formula is C23H33IN4O4. The molecule has 8 nitrogen and oxygen atoms in total. The predicted molar refractivity (Wildman–Crippen MR) is 137 cm³/mol. The summed E-state index contributed by atoms with van der Waals surface area (Å²) in [5.41, 5.74) is 7.31. The van der Waals surface area contributed by atoms with Crippen LogP contribution in [-0.4, -0.2) is 38.4 Å². The number of nitrogens with two attached hydrogens (primary N) is 1. The molecule has 4 N–H and O–H groups in total. The Morgan fingerprint density at radius 3 is 2.31 bits per heavy atom. The zero-order chi connectivity index (χ0) is 22.9. The van der Waals surface area contributed by atoms with Crippen LogP contribution in [0, 0.1) is 0 Å². The van der Waals surface area contributed by atoms with Gasteiger partial charge in [0.2, 0.25) is 0 Å². The van der Waals surface area contributed by atoms with Crippen molar-refractivity contribution in [3.8, 4) is 11.5 Å². The molecule has 2 rings (SSSR count). The second-order valence-electron chi connectivity index (χ2n) is 7.88. The highest BCUT2D eigenvalue weighted by molar-refractivity contribution is 14.0. The number of nitrogens with zero attached hydrogens (tertiary/aromatic N) is 1. The smallest absolute Gasteiger partial charge is 0.408 e. The summed E-state index contributed by atoms with van der Waals surface area (Å²) in [6, 6.07) is 14.8. The summed E-state index contributed by atoms with van der Waals surface area (Å²) in [6.45, 7) is 6.18. The molecule has 0 bridgehead atoms. The predicted octanol–water partition coefficient (Wildman–Crippen LogP) is 3.99. The van der Waals surface area contributed by atoms with Crippen LogP contribution in [-0.2, 0) is 11.3 Å². The number of guanidine groups is 1. The topological polar surface area (TPSA) is 107 Å². The molecule has 0 radical (unpaired) electrons. The van der Waals surface area contributed by atoms with Crippen LogP contribution in [0.25, 0.3) is 0 Å². The molecule has 0 saturated carbocycles. The van der Waals surface area contributed by atoms with Gasteiger partial charge < -0.3 is 30.6 Å². The first kappa shape index (κ1) is 27.3. The van der Waals surface area contributed by atoms with E-state index in [0.717, 1.165) is 11.1 Å². The zero-order valence-corrected chi connectivity index (χ0v) is 21.5. The van der Waals surface area contributed by atoms with Gasteiger partial charge in [-0.05, 0) is 44.0 Å². The molecular weight excluding hydrogens is 523 g/mol. The number of benzene rings is 2. The molecule has 1 atom stereocenters. The molecule has 0 heterocycles. The minimum atomic E-state index is -0.585. The van der Waals surface area contributed by atoms with Gasteiger partial charge in [-0.25, -0.2) is 9.79 Å². The quantitative estimate of drug-likeness (QED) is 0.258. The SMILES string of the molecule is COc1ccc(CN=C(N)NCC(NC(=O)OC(C)(C)C)c2ccccc2)cc1OC.I. The van der Waals surface area contributed by atoms with Crippen LogP contribution in [0.4, 0.5) is 4.79 Å². The van der Waals surface area contributed by atoms with Gasteiger partial charge in [-0.1, -0.05) is 36.4 Å². The van der Waals surface area contributed by atoms with Crippen LogP contribution in [0.15, 0.2) is 53.5 Å². The number of carbonyl (C=O) groups excluding carboxylic acids is 1. The van der Waals surface area contributed by atoms with E-state index in [-0.39, 0.29) is 36.0 Å². The van der Waals surface area contributed by atoms with Crippen molar-refractivity contribution in [2.45, 2.75) is 39.0 Å². The van der Waals surface area contributed by atoms with E-state index in [4.69, 9.17) is 19.9 Å². The van der Waals surface area contributed by atoms with Crippen molar-refractivity contribution in [3.63, 3.8) is 0 Å². The fourth-order valence-corrected chi connectivity index (χ4v) is 2.81. The minimum absolute atomic E-state index is 0. The molecule has 1 amide bonds. The van der Waals surface area contributed by atoms with E-state index in [2.05, 4.69) is 15.6 Å². The number of ether oxygens (including phenoxy) is 3. The lowest BCUT2D eigenvalue weighted by molar-refractivity contribution is 0.0504. The molecule has 0 fully saturated rings. The Morgan fingerprint density at radius 1 is 1.06 bits per heavy atom. The summed E-state index contributed by atoms with van der Waals surface area (Å²) in [5.74, 6) is 1.55. The Morgan fingerprint density at radius 2 is 1.72 bits per heavy atom. The van der Waals surface area contributed by atoms with Crippen molar-refractivity contribution in [2.24, 2.45) is 10.7 Å². The standard InChI is InChI=1S/C23H32N4O4.HI/c1-23(2,3)31-22(28)27-18(17-9-7-6-8-10-17)15-26-21(24)25-14-16-11-12-19(29-4)20(13-16)30-5;/h6-13,18H,14-15H2,1-5H3,(H,27,28)(H3,24,25,26);1H. The number of hydrogen-bond acceptors (Lipinski definition) is 5. The second-order valence-corrected chi connectivity index (χ2v) is 7.88. The fourth-order valence-electron chi connectivity index (χ4n) is 2.81. The van der Waals surface area contributed by atoms with E-state index in [0.29, 0.717) is 24.6 Å². The van der Waals surface area contributed by atoms with Gasteiger partial charge in [-0.15, -0.1) is 24.0 Å². The number of amides is 1. The van der Waals surface area contributed by atoms with Crippen LogP contribution in [0.3, 0.4) is 0 Å². The lowest BCUT2D eigenvalue weighted by Gasteiger charge is -2.24. The molecule has 2 aromatic rings. The van der Waals surface area contributed by atoms with Crippen LogP contribution < -0.4 is 25.8 Å². The third-order valence-electron chi connectivity index (χ3n) is 4.26.